The first-order valence-electron chi connectivity index (χ1n) is 3.51. The van der Waals surface area contributed by atoms with Crippen molar-refractivity contribution in [3.63, 3.8) is 0 Å². The van der Waals surface area contributed by atoms with Crippen molar-refractivity contribution in [2.75, 3.05) is 3.71 Å². The number of nitrogens with zero attached hydrogens (tertiary/aromatic N) is 1. The lowest BCUT2D eigenvalue weighted by Gasteiger charge is -2.09. The lowest BCUT2D eigenvalue weighted by Crippen LogP contribution is -1.92. The van der Waals surface area contributed by atoms with E-state index in [1.807, 2.05) is 12.1 Å². The molecule has 1 aromatic carbocycles. The molecule has 11 heavy (non-hydrogen) atoms. The molecule has 0 fully saturated rings. The van der Waals surface area contributed by atoms with Gasteiger partial charge in [0.15, 0.2) is 0 Å². The molecule has 1 aromatic rings. The second-order valence-corrected chi connectivity index (χ2v) is 3.43. The Hall–Kier alpha value is -0.280. The summed E-state index contributed by atoms with van der Waals surface area (Å²) >= 11 is 8.14. The van der Waals surface area contributed by atoms with Crippen molar-refractivity contribution in [2.45, 2.75) is 13.3 Å². The molecule has 0 aromatic heterocycles. The molecule has 0 bridgehead atoms. The van der Waals surface area contributed by atoms with Crippen LogP contribution in [0.15, 0.2) is 24.3 Å². The summed E-state index contributed by atoms with van der Waals surface area (Å²) in [5.41, 5.74) is 2.31. The summed E-state index contributed by atoms with van der Waals surface area (Å²) in [6, 6.07) is 8.14. The minimum Gasteiger partial charge on any atom is -0.265 e. The van der Waals surface area contributed by atoms with E-state index in [-0.39, 0.29) is 0 Å². The van der Waals surface area contributed by atoms with Crippen LogP contribution in [-0.2, 0) is 6.42 Å². The highest BCUT2D eigenvalue weighted by molar-refractivity contribution is 8.00. The molecule has 0 aliphatic heterocycles. The molecule has 0 N–H and O–H groups in total. The maximum atomic E-state index is 4.07. The molecule has 0 amide bonds. The van der Waals surface area contributed by atoms with E-state index in [1.54, 1.807) is 0 Å². The minimum atomic E-state index is 1.01. The van der Waals surface area contributed by atoms with Gasteiger partial charge in [0.2, 0.25) is 0 Å². The number of rotatable bonds is 2. The van der Waals surface area contributed by atoms with Gasteiger partial charge in [-0.1, -0.05) is 44.7 Å². The van der Waals surface area contributed by atoms with Gasteiger partial charge in [-0.15, -0.1) is 0 Å². The monoisotopic (exact) mass is 185 g/mol. The third-order valence-electron chi connectivity index (χ3n) is 1.55. The average Bonchev–Trinajstić information content (AvgIpc) is 2.05. The largest absolute Gasteiger partial charge is 0.265 e. The Morgan fingerprint density at radius 3 is 2.64 bits per heavy atom. The Labute approximate surface area is 78.5 Å². The van der Waals surface area contributed by atoms with Gasteiger partial charge in [-0.25, -0.2) is 0 Å². The lowest BCUT2D eigenvalue weighted by atomic mass is 10.1. The zero-order valence-electron chi connectivity index (χ0n) is 6.36. The van der Waals surface area contributed by atoms with E-state index in [1.165, 1.54) is 9.27 Å². The minimum absolute atomic E-state index is 1.01. The van der Waals surface area contributed by atoms with Crippen LogP contribution in [0.3, 0.4) is 0 Å². The highest BCUT2D eigenvalue weighted by Gasteiger charge is 1.95. The summed E-state index contributed by atoms with van der Waals surface area (Å²) in [6.07, 6.45) is 1.04. The summed E-state index contributed by atoms with van der Waals surface area (Å²) in [4.78, 5) is 0. The van der Waals surface area contributed by atoms with Gasteiger partial charge in [-0.3, -0.25) is 3.71 Å². The van der Waals surface area contributed by atoms with E-state index in [0.29, 0.717) is 0 Å². The van der Waals surface area contributed by atoms with Crippen LogP contribution in [0.2, 0.25) is 0 Å². The number of hydrogen-bond donors (Lipinski definition) is 2. The predicted octanol–water partition coefficient (Wildman–Crippen LogP) is 2.75. The Morgan fingerprint density at radius 2 is 2.09 bits per heavy atom. The van der Waals surface area contributed by atoms with Gasteiger partial charge in [0.05, 0.1) is 5.69 Å². The van der Waals surface area contributed by atoms with Crippen LogP contribution in [0.1, 0.15) is 12.5 Å². The molecule has 0 heterocycles. The molecule has 0 radical (unpaired) electrons. The van der Waals surface area contributed by atoms with Gasteiger partial charge in [0, 0.05) is 0 Å². The molecule has 60 valence electrons. The van der Waals surface area contributed by atoms with Crippen LogP contribution < -0.4 is 3.71 Å². The lowest BCUT2D eigenvalue weighted by molar-refractivity contribution is 1.14. The van der Waals surface area contributed by atoms with Gasteiger partial charge in [0.1, 0.15) is 0 Å². The molecule has 0 saturated heterocycles. The van der Waals surface area contributed by atoms with Crippen LogP contribution in [0.25, 0.3) is 0 Å². The maximum Gasteiger partial charge on any atom is 0.0591 e. The highest BCUT2D eigenvalue weighted by Crippen LogP contribution is 2.19. The number of thiol groups is 2. The van der Waals surface area contributed by atoms with Crippen molar-refractivity contribution in [2.24, 2.45) is 0 Å². The zero-order valence-corrected chi connectivity index (χ0v) is 8.15. The smallest absolute Gasteiger partial charge is 0.0591 e. The molecule has 0 aliphatic rings. The summed E-state index contributed by atoms with van der Waals surface area (Å²) in [5.74, 6) is 0. The van der Waals surface area contributed by atoms with E-state index in [9.17, 15) is 0 Å². The molecule has 0 atom stereocenters. The van der Waals surface area contributed by atoms with Crippen LogP contribution >= 0.6 is 25.6 Å². The van der Waals surface area contributed by atoms with Crippen LogP contribution in [0.5, 0.6) is 0 Å². The van der Waals surface area contributed by atoms with Crippen molar-refractivity contribution >= 4 is 31.3 Å². The van der Waals surface area contributed by atoms with Crippen molar-refractivity contribution < 1.29 is 0 Å². The predicted molar refractivity (Wildman–Crippen MR) is 56.3 cm³/mol. The Balaban J connectivity index is 2.91. The summed E-state index contributed by atoms with van der Waals surface area (Å²) in [6.45, 7) is 2.13. The van der Waals surface area contributed by atoms with Crippen LogP contribution in [0.4, 0.5) is 5.69 Å². The Morgan fingerprint density at radius 1 is 1.36 bits per heavy atom. The molecular formula is C8H11NS2. The van der Waals surface area contributed by atoms with Crippen LogP contribution in [-0.4, -0.2) is 0 Å². The molecule has 1 nitrogen and oxygen atoms in total. The Bertz CT molecular complexity index is 235. The first-order chi connectivity index (χ1) is 5.24. The first kappa shape index (κ1) is 8.81. The van der Waals surface area contributed by atoms with Crippen molar-refractivity contribution in [1.29, 1.82) is 0 Å². The molecule has 0 unspecified atom stereocenters. The van der Waals surface area contributed by atoms with Gasteiger partial charge in [-0.05, 0) is 24.1 Å². The number of hydrogen-bond acceptors (Lipinski definition) is 3. The second kappa shape index (κ2) is 3.93. The second-order valence-electron chi connectivity index (χ2n) is 2.31. The van der Waals surface area contributed by atoms with E-state index in [4.69, 9.17) is 0 Å². The van der Waals surface area contributed by atoms with E-state index in [2.05, 4.69) is 44.7 Å². The fraction of sp³-hybridized carbons (Fsp3) is 0.250. The average molecular weight is 185 g/mol. The van der Waals surface area contributed by atoms with Crippen LogP contribution in [0, 0.1) is 0 Å². The number of benzene rings is 1. The maximum absolute atomic E-state index is 4.07. The molecule has 1 rings (SSSR count). The standard InChI is InChI=1S/C8H11NS2/c1-2-7-4-3-5-8(6-7)9(10)11/h3-6,10-11H,2H2,1H3. The van der Waals surface area contributed by atoms with Crippen molar-refractivity contribution in [3.8, 4) is 0 Å². The molecule has 0 saturated carbocycles. The molecule has 3 heteroatoms. The van der Waals surface area contributed by atoms with Gasteiger partial charge < -0.3 is 0 Å². The number of anilines is 1. The quantitative estimate of drug-likeness (QED) is 0.670. The van der Waals surface area contributed by atoms with E-state index < -0.39 is 0 Å². The number of aryl methyl sites for hydroxylation is 1. The normalized spacial score (nSPS) is 9.73. The van der Waals surface area contributed by atoms with Crippen molar-refractivity contribution in [1.82, 2.24) is 0 Å². The highest BCUT2D eigenvalue weighted by atomic mass is 32.2. The Kier molecular flexibility index (Phi) is 3.15. The first-order valence-corrected chi connectivity index (χ1v) is 4.31. The molecular weight excluding hydrogens is 174 g/mol. The molecule has 0 aliphatic carbocycles. The SMILES string of the molecule is CCc1cccc(N(S)S)c1. The fourth-order valence-corrected chi connectivity index (χ4v) is 1.15. The van der Waals surface area contributed by atoms with Crippen molar-refractivity contribution in [3.05, 3.63) is 29.8 Å². The fourth-order valence-electron chi connectivity index (χ4n) is 0.901. The molecule has 0 spiro atoms. The summed E-state index contributed by atoms with van der Waals surface area (Å²) in [5, 5.41) is 0. The third kappa shape index (κ3) is 2.34. The zero-order chi connectivity index (χ0) is 8.27. The third-order valence-corrected chi connectivity index (χ3v) is 2.01. The topological polar surface area (TPSA) is 3.24 Å². The van der Waals surface area contributed by atoms with Gasteiger partial charge in [0.25, 0.3) is 0 Å². The van der Waals surface area contributed by atoms with E-state index >= 15 is 0 Å². The summed E-state index contributed by atoms with van der Waals surface area (Å²) in [7, 11) is 0. The summed E-state index contributed by atoms with van der Waals surface area (Å²) < 4.78 is 1.51. The van der Waals surface area contributed by atoms with E-state index in [0.717, 1.165) is 12.1 Å². The van der Waals surface area contributed by atoms with Gasteiger partial charge >= 0.3 is 0 Å². The van der Waals surface area contributed by atoms with Gasteiger partial charge in [-0.2, -0.15) is 0 Å².